The molecule has 0 aliphatic rings. The molecule has 0 radical (unpaired) electrons. The summed E-state index contributed by atoms with van der Waals surface area (Å²) < 4.78 is 0. The summed E-state index contributed by atoms with van der Waals surface area (Å²) in [5.74, 6) is 0. The van der Waals surface area contributed by atoms with Crippen LogP contribution in [0.25, 0.3) is 0 Å². The van der Waals surface area contributed by atoms with Crippen LogP contribution in [0.4, 0.5) is 0 Å². The van der Waals surface area contributed by atoms with E-state index in [1.165, 1.54) is 0 Å². The fraction of sp³-hybridized carbons (Fsp3) is 0.700. The summed E-state index contributed by atoms with van der Waals surface area (Å²) in [4.78, 5) is 4.33. The summed E-state index contributed by atoms with van der Waals surface area (Å²) in [5, 5.41) is 9.85. The van der Waals surface area contributed by atoms with Gasteiger partial charge in [0, 0.05) is 24.2 Å². The van der Waals surface area contributed by atoms with Crippen LogP contribution < -0.4 is 10.6 Å². The third-order valence-corrected chi connectivity index (χ3v) is 3.41. The number of hydrogen-bond acceptors (Lipinski definition) is 4. The highest BCUT2D eigenvalue weighted by molar-refractivity contribution is 7.09. The van der Waals surface area contributed by atoms with Gasteiger partial charge >= 0.3 is 0 Å². The molecule has 2 N–H and O–H groups in total. The largest absolute Gasteiger partial charge is 0.316 e. The van der Waals surface area contributed by atoms with Gasteiger partial charge in [0.2, 0.25) is 0 Å². The van der Waals surface area contributed by atoms with Gasteiger partial charge in [0.25, 0.3) is 0 Å². The van der Waals surface area contributed by atoms with Crippen molar-refractivity contribution in [1.29, 1.82) is 0 Å². The zero-order valence-corrected chi connectivity index (χ0v) is 10.1. The molecule has 0 saturated heterocycles. The van der Waals surface area contributed by atoms with E-state index in [4.69, 9.17) is 0 Å². The van der Waals surface area contributed by atoms with Crippen molar-refractivity contribution in [2.75, 3.05) is 13.6 Å². The lowest BCUT2D eigenvalue weighted by molar-refractivity contribution is 0.376. The van der Waals surface area contributed by atoms with Gasteiger partial charge in [-0.3, -0.25) is 0 Å². The van der Waals surface area contributed by atoms with Gasteiger partial charge in [0.15, 0.2) is 0 Å². The first-order valence-corrected chi connectivity index (χ1v) is 5.76. The quantitative estimate of drug-likeness (QED) is 0.779. The maximum Gasteiger partial charge on any atom is 0.112 e. The Morgan fingerprint density at radius 3 is 2.79 bits per heavy atom. The van der Waals surface area contributed by atoms with Crippen LogP contribution in [-0.4, -0.2) is 24.6 Å². The predicted octanol–water partition coefficient (Wildman–Crippen LogP) is 1.58. The van der Waals surface area contributed by atoms with Gasteiger partial charge in [-0.15, -0.1) is 11.3 Å². The van der Waals surface area contributed by atoms with E-state index in [1.807, 2.05) is 18.6 Å². The molecule has 80 valence electrons. The molecule has 1 aromatic heterocycles. The van der Waals surface area contributed by atoms with E-state index in [9.17, 15) is 0 Å². The van der Waals surface area contributed by atoms with Crippen LogP contribution in [0.5, 0.6) is 0 Å². The highest BCUT2D eigenvalue weighted by atomic mass is 32.1. The normalized spacial score (nSPS) is 14.3. The Kier molecular flexibility index (Phi) is 4.04. The fourth-order valence-electron chi connectivity index (χ4n) is 1.12. The number of aromatic nitrogens is 1. The highest BCUT2D eigenvalue weighted by Crippen LogP contribution is 2.21. The second kappa shape index (κ2) is 4.87. The summed E-state index contributed by atoms with van der Waals surface area (Å²) >= 11 is 1.70. The van der Waals surface area contributed by atoms with E-state index in [1.54, 1.807) is 11.3 Å². The van der Waals surface area contributed by atoms with Crippen molar-refractivity contribution >= 4 is 11.3 Å². The average molecular weight is 213 g/mol. The molecule has 1 aromatic rings. The first-order chi connectivity index (χ1) is 6.56. The molecular weight excluding hydrogens is 194 g/mol. The summed E-state index contributed by atoms with van der Waals surface area (Å²) in [6.45, 7) is 7.43. The number of nitrogens with zero attached hydrogens (tertiary/aromatic N) is 1. The number of nitrogens with one attached hydrogen (secondary N) is 2. The van der Waals surface area contributed by atoms with Crippen LogP contribution in [0, 0.1) is 0 Å². The van der Waals surface area contributed by atoms with Crippen molar-refractivity contribution in [3.05, 3.63) is 16.6 Å². The van der Waals surface area contributed by atoms with E-state index < -0.39 is 0 Å². The Morgan fingerprint density at radius 1 is 1.57 bits per heavy atom. The SMILES string of the molecule is CNC(C)CNC(C)(C)c1nccs1. The predicted molar refractivity (Wildman–Crippen MR) is 61.7 cm³/mol. The molecule has 14 heavy (non-hydrogen) atoms. The Labute approximate surface area is 89.9 Å². The molecule has 0 aliphatic heterocycles. The van der Waals surface area contributed by atoms with E-state index in [2.05, 4.69) is 36.4 Å². The van der Waals surface area contributed by atoms with Crippen LogP contribution in [-0.2, 0) is 5.54 Å². The maximum atomic E-state index is 4.33. The monoisotopic (exact) mass is 213 g/mol. The summed E-state index contributed by atoms with van der Waals surface area (Å²) in [6.07, 6.45) is 1.85. The Morgan fingerprint density at radius 2 is 2.29 bits per heavy atom. The van der Waals surface area contributed by atoms with Gasteiger partial charge in [-0.05, 0) is 27.8 Å². The zero-order valence-electron chi connectivity index (χ0n) is 9.29. The Balaban J connectivity index is 2.50. The van der Waals surface area contributed by atoms with Crippen molar-refractivity contribution in [3.63, 3.8) is 0 Å². The molecule has 1 atom stereocenters. The maximum absolute atomic E-state index is 4.33. The minimum Gasteiger partial charge on any atom is -0.316 e. The molecule has 0 saturated carbocycles. The van der Waals surface area contributed by atoms with Crippen LogP contribution in [0.3, 0.4) is 0 Å². The molecule has 1 unspecified atom stereocenters. The van der Waals surface area contributed by atoms with Gasteiger partial charge in [0.1, 0.15) is 5.01 Å². The molecule has 3 nitrogen and oxygen atoms in total. The average Bonchev–Trinajstić information content (AvgIpc) is 2.67. The topological polar surface area (TPSA) is 37.0 Å². The third-order valence-electron chi connectivity index (χ3n) is 2.31. The van der Waals surface area contributed by atoms with E-state index in [-0.39, 0.29) is 5.54 Å². The standard InChI is InChI=1S/C10H19N3S/c1-8(11-4)7-13-10(2,3)9-12-5-6-14-9/h5-6,8,11,13H,7H2,1-4H3. The number of likely N-dealkylation sites (N-methyl/N-ethyl adjacent to an activating group) is 1. The van der Waals surface area contributed by atoms with Crippen LogP contribution in [0.2, 0.25) is 0 Å². The highest BCUT2D eigenvalue weighted by Gasteiger charge is 2.22. The number of rotatable bonds is 5. The molecule has 0 aromatic carbocycles. The Hall–Kier alpha value is -0.450. The van der Waals surface area contributed by atoms with E-state index in [0.717, 1.165) is 11.6 Å². The second-order valence-electron chi connectivity index (χ2n) is 4.03. The van der Waals surface area contributed by atoms with Gasteiger partial charge in [-0.2, -0.15) is 0 Å². The molecule has 0 fully saturated rings. The van der Waals surface area contributed by atoms with Crippen molar-refractivity contribution in [1.82, 2.24) is 15.6 Å². The van der Waals surface area contributed by atoms with Gasteiger partial charge in [0.05, 0.1) is 5.54 Å². The molecular formula is C10H19N3S. The summed E-state index contributed by atoms with van der Waals surface area (Å²) in [5.41, 5.74) is -0.0285. The van der Waals surface area contributed by atoms with Crippen LogP contribution >= 0.6 is 11.3 Å². The summed E-state index contributed by atoms with van der Waals surface area (Å²) in [7, 11) is 1.97. The molecule has 0 aliphatic carbocycles. The number of hydrogen-bond donors (Lipinski definition) is 2. The molecule has 0 bridgehead atoms. The van der Waals surface area contributed by atoms with Gasteiger partial charge in [-0.1, -0.05) is 0 Å². The molecule has 0 spiro atoms. The summed E-state index contributed by atoms with van der Waals surface area (Å²) in [6, 6.07) is 0.481. The van der Waals surface area contributed by atoms with E-state index >= 15 is 0 Å². The first-order valence-electron chi connectivity index (χ1n) is 4.88. The molecule has 4 heteroatoms. The molecule has 1 heterocycles. The molecule has 1 rings (SSSR count). The van der Waals surface area contributed by atoms with Crippen LogP contribution in [0.1, 0.15) is 25.8 Å². The van der Waals surface area contributed by atoms with Crippen LogP contribution in [0.15, 0.2) is 11.6 Å². The fourth-order valence-corrected chi connectivity index (χ4v) is 1.86. The first kappa shape index (κ1) is 11.6. The van der Waals surface area contributed by atoms with Crippen molar-refractivity contribution in [3.8, 4) is 0 Å². The van der Waals surface area contributed by atoms with E-state index in [0.29, 0.717) is 6.04 Å². The smallest absolute Gasteiger partial charge is 0.112 e. The van der Waals surface area contributed by atoms with Gasteiger partial charge < -0.3 is 10.6 Å². The minimum absolute atomic E-state index is 0.0285. The number of thiazole rings is 1. The molecule has 0 amide bonds. The second-order valence-corrected chi connectivity index (χ2v) is 4.93. The Bertz CT molecular complexity index is 256. The lowest BCUT2D eigenvalue weighted by Gasteiger charge is -2.25. The lowest BCUT2D eigenvalue weighted by atomic mass is 10.1. The van der Waals surface area contributed by atoms with Crippen molar-refractivity contribution < 1.29 is 0 Å². The zero-order chi connectivity index (χ0) is 10.6. The van der Waals surface area contributed by atoms with Gasteiger partial charge in [-0.25, -0.2) is 4.98 Å². The third kappa shape index (κ3) is 3.04. The lowest BCUT2D eigenvalue weighted by Crippen LogP contribution is -2.43. The minimum atomic E-state index is -0.0285. The van der Waals surface area contributed by atoms with Crippen molar-refractivity contribution in [2.45, 2.75) is 32.4 Å². The van der Waals surface area contributed by atoms with Crippen molar-refractivity contribution in [2.24, 2.45) is 0 Å².